The Balaban J connectivity index is 1.63. The zero-order valence-electron chi connectivity index (χ0n) is 13.8. The Hall–Kier alpha value is -1.92. The monoisotopic (exact) mass is 317 g/mol. The molecule has 0 spiro atoms. The molecule has 0 amide bonds. The Morgan fingerprint density at radius 2 is 2.22 bits per heavy atom. The Morgan fingerprint density at radius 3 is 2.83 bits per heavy atom. The van der Waals surface area contributed by atoms with E-state index in [1.54, 1.807) is 6.92 Å². The highest BCUT2D eigenvalue weighted by Gasteiger charge is 2.32. The fourth-order valence-corrected chi connectivity index (χ4v) is 3.23. The molecule has 1 saturated heterocycles. The molecule has 0 aliphatic carbocycles. The second-order valence-corrected chi connectivity index (χ2v) is 6.55. The van der Waals surface area contributed by atoms with Crippen LogP contribution in [-0.2, 0) is 20.0 Å². The Morgan fingerprint density at radius 1 is 1.43 bits per heavy atom. The van der Waals surface area contributed by atoms with Gasteiger partial charge < -0.3 is 14.2 Å². The molecule has 2 aromatic heterocycles. The summed E-state index contributed by atoms with van der Waals surface area (Å²) in [6.07, 6.45) is 2.19. The van der Waals surface area contributed by atoms with Crippen LogP contribution in [0.25, 0.3) is 0 Å². The van der Waals surface area contributed by atoms with Crippen molar-refractivity contribution in [1.82, 2.24) is 14.6 Å². The fourth-order valence-electron chi connectivity index (χ4n) is 3.23. The predicted molar refractivity (Wildman–Crippen MR) is 85.1 cm³/mol. The van der Waals surface area contributed by atoms with Crippen molar-refractivity contribution >= 4 is 5.78 Å². The van der Waals surface area contributed by atoms with E-state index in [9.17, 15) is 9.90 Å². The highest BCUT2D eigenvalue weighted by atomic mass is 16.5. The van der Waals surface area contributed by atoms with Gasteiger partial charge in [-0.1, -0.05) is 5.16 Å². The topological polar surface area (TPSA) is 71.5 Å². The summed E-state index contributed by atoms with van der Waals surface area (Å²) >= 11 is 0. The van der Waals surface area contributed by atoms with Gasteiger partial charge in [0.05, 0.1) is 11.8 Å². The summed E-state index contributed by atoms with van der Waals surface area (Å²) in [5, 5.41) is 14.2. The average Bonchev–Trinajstić information content (AvgIpc) is 3.13. The van der Waals surface area contributed by atoms with E-state index in [-0.39, 0.29) is 17.8 Å². The quantitative estimate of drug-likeness (QED) is 0.847. The maximum absolute atomic E-state index is 11.5. The van der Waals surface area contributed by atoms with Gasteiger partial charge in [0.25, 0.3) is 0 Å². The van der Waals surface area contributed by atoms with Gasteiger partial charge in [-0.2, -0.15) is 0 Å². The third kappa shape index (κ3) is 3.54. The Kier molecular flexibility index (Phi) is 4.37. The Labute approximate surface area is 135 Å². The highest BCUT2D eigenvalue weighted by Crippen LogP contribution is 2.24. The molecule has 0 unspecified atom stereocenters. The Bertz CT molecular complexity index is 704. The molecule has 2 atom stereocenters. The van der Waals surface area contributed by atoms with Gasteiger partial charge in [0, 0.05) is 62.5 Å². The minimum atomic E-state index is -0.368. The van der Waals surface area contributed by atoms with Gasteiger partial charge >= 0.3 is 0 Å². The molecule has 2 aromatic rings. The molecule has 124 valence electrons. The molecule has 0 saturated carbocycles. The van der Waals surface area contributed by atoms with Crippen molar-refractivity contribution in [1.29, 1.82) is 0 Å². The number of nitrogens with zero attached hydrogens (tertiary/aromatic N) is 3. The van der Waals surface area contributed by atoms with Crippen LogP contribution in [0.5, 0.6) is 0 Å². The van der Waals surface area contributed by atoms with Crippen LogP contribution in [0.1, 0.15) is 34.4 Å². The number of carbonyl (C=O) groups excluding carboxylic acids is 1. The van der Waals surface area contributed by atoms with E-state index in [0.717, 1.165) is 35.8 Å². The normalized spacial score (nSPS) is 21.9. The second-order valence-electron chi connectivity index (χ2n) is 6.55. The van der Waals surface area contributed by atoms with Gasteiger partial charge in [-0.05, 0) is 19.9 Å². The summed E-state index contributed by atoms with van der Waals surface area (Å²) in [6.45, 7) is 5.65. The molecular formula is C17H23N3O3. The number of aliphatic hydroxyl groups is 1. The molecule has 23 heavy (non-hydrogen) atoms. The van der Waals surface area contributed by atoms with Crippen molar-refractivity contribution in [3.63, 3.8) is 0 Å². The number of aliphatic hydroxyl groups excluding tert-OH is 1. The van der Waals surface area contributed by atoms with Crippen LogP contribution in [0.2, 0.25) is 0 Å². The van der Waals surface area contributed by atoms with Crippen molar-refractivity contribution in [2.45, 2.75) is 32.9 Å². The molecule has 1 N–H and O–H groups in total. The predicted octanol–water partition coefficient (Wildman–Crippen LogP) is 1.56. The molecule has 1 aliphatic heterocycles. The molecule has 3 heterocycles. The first-order valence-corrected chi connectivity index (χ1v) is 7.91. The number of β-amino-alcohol motifs (C(OH)–C–C–N with tert-alkyl or cyclic N) is 1. The van der Waals surface area contributed by atoms with E-state index in [4.69, 9.17) is 4.52 Å². The molecule has 0 bridgehead atoms. The summed E-state index contributed by atoms with van der Waals surface area (Å²) in [4.78, 5) is 13.7. The zero-order valence-corrected chi connectivity index (χ0v) is 13.8. The van der Waals surface area contributed by atoms with Crippen LogP contribution in [0.4, 0.5) is 0 Å². The van der Waals surface area contributed by atoms with E-state index in [2.05, 4.69) is 10.1 Å². The zero-order chi connectivity index (χ0) is 16.6. The van der Waals surface area contributed by atoms with Gasteiger partial charge in [0.1, 0.15) is 5.76 Å². The molecule has 0 radical (unpaired) electrons. The smallest absolute Gasteiger partial charge is 0.161 e. The van der Waals surface area contributed by atoms with Crippen LogP contribution in [0.3, 0.4) is 0 Å². The first-order valence-electron chi connectivity index (χ1n) is 7.91. The molecule has 6 nitrogen and oxygen atoms in total. The lowest BCUT2D eigenvalue weighted by atomic mass is 10.0. The lowest BCUT2D eigenvalue weighted by Gasteiger charge is -2.15. The van der Waals surface area contributed by atoms with Gasteiger partial charge in [0.2, 0.25) is 0 Å². The van der Waals surface area contributed by atoms with Gasteiger partial charge in [0.15, 0.2) is 5.78 Å². The number of Topliss-reactive ketones (excluding diaryl/α,β-unsaturated/α-hetero) is 1. The minimum absolute atomic E-state index is 0.0758. The second kappa shape index (κ2) is 6.29. The van der Waals surface area contributed by atoms with E-state index >= 15 is 0 Å². The lowest BCUT2D eigenvalue weighted by molar-refractivity contribution is 0.101. The van der Waals surface area contributed by atoms with Crippen molar-refractivity contribution in [2.24, 2.45) is 13.0 Å². The van der Waals surface area contributed by atoms with Crippen LogP contribution in [-0.4, -0.2) is 44.7 Å². The minimum Gasteiger partial charge on any atom is -0.391 e. The average molecular weight is 317 g/mol. The summed E-state index contributed by atoms with van der Waals surface area (Å²) < 4.78 is 7.24. The van der Waals surface area contributed by atoms with E-state index in [1.807, 2.05) is 36.9 Å². The SMILES string of the molecule is CC(=O)c1cc(CN2C[C@@H](Cc3cc(C)no3)[C@H](O)C2)n(C)c1. The molecular weight excluding hydrogens is 294 g/mol. The third-order valence-corrected chi connectivity index (χ3v) is 4.52. The van der Waals surface area contributed by atoms with Gasteiger partial charge in [-0.25, -0.2) is 0 Å². The van der Waals surface area contributed by atoms with Crippen LogP contribution < -0.4 is 0 Å². The molecule has 3 rings (SSSR count). The van der Waals surface area contributed by atoms with E-state index in [0.29, 0.717) is 13.0 Å². The van der Waals surface area contributed by atoms with Crippen LogP contribution >= 0.6 is 0 Å². The molecule has 1 aliphatic rings. The van der Waals surface area contributed by atoms with E-state index < -0.39 is 0 Å². The first-order chi connectivity index (χ1) is 10.9. The number of ketones is 1. The molecule has 6 heteroatoms. The molecule has 0 aromatic carbocycles. The lowest BCUT2D eigenvalue weighted by Crippen LogP contribution is -2.22. The summed E-state index contributed by atoms with van der Waals surface area (Å²) in [5.74, 6) is 1.05. The number of carbonyl (C=O) groups is 1. The maximum Gasteiger partial charge on any atom is 0.161 e. The van der Waals surface area contributed by atoms with Gasteiger partial charge in [-0.3, -0.25) is 9.69 Å². The highest BCUT2D eigenvalue weighted by molar-refractivity contribution is 5.94. The van der Waals surface area contributed by atoms with Crippen molar-refractivity contribution in [2.75, 3.05) is 13.1 Å². The standard InChI is InChI=1S/C17H23N3O3/c1-11-4-16(23-18-11)6-14-8-20(10-17(14)22)9-15-5-13(12(2)21)7-19(15)3/h4-5,7,14,17,22H,6,8-10H2,1-3H3/t14-,17-/m1/s1. The largest absolute Gasteiger partial charge is 0.391 e. The van der Waals surface area contributed by atoms with E-state index in [1.165, 1.54) is 0 Å². The number of aryl methyl sites for hydroxylation is 2. The summed E-state index contributed by atoms with van der Waals surface area (Å²) in [6, 6.07) is 3.85. The van der Waals surface area contributed by atoms with Crippen molar-refractivity contribution in [3.8, 4) is 0 Å². The third-order valence-electron chi connectivity index (χ3n) is 4.52. The van der Waals surface area contributed by atoms with Crippen molar-refractivity contribution < 1.29 is 14.4 Å². The molecule has 1 fully saturated rings. The fraction of sp³-hybridized carbons (Fsp3) is 0.529. The maximum atomic E-state index is 11.5. The number of hydrogen-bond donors (Lipinski definition) is 1. The van der Waals surface area contributed by atoms with Crippen molar-refractivity contribution in [3.05, 3.63) is 41.0 Å². The van der Waals surface area contributed by atoms with Gasteiger partial charge in [-0.15, -0.1) is 0 Å². The number of rotatable bonds is 5. The number of aromatic nitrogens is 2. The number of hydrogen-bond acceptors (Lipinski definition) is 5. The number of likely N-dealkylation sites (tertiary alicyclic amines) is 1. The first kappa shape index (κ1) is 16.0. The summed E-state index contributed by atoms with van der Waals surface area (Å²) in [5.41, 5.74) is 2.68. The summed E-state index contributed by atoms with van der Waals surface area (Å²) in [7, 11) is 1.95. The van der Waals surface area contributed by atoms with Crippen LogP contribution in [0, 0.1) is 12.8 Å². The van der Waals surface area contributed by atoms with Crippen LogP contribution in [0.15, 0.2) is 22.9 Å².